The summed E-state index contributed by atoms with van der Waals surface area (Å²) in [5, 5.41) is 0. The minimum absolute atomic E-state index is 0.0654. The second-order valence-electron chi connectivity index (χ2n) is 14.3. The third kappa shape index (κ3) is 6.73. The SMILES string of the molecule is CC(C)N(CC(C1CCCCC1)N1CCN(C(=O)[C@@H]2CC(N3CC4C[C@H]3CO4)C[C@H]2c2ccc(F)cc2F)CC1)S(C)(=O)=O. The molecule has 2 bridgehead atoms. The third-order valence-corrected chi connectivity index (χ3v) is 12.7. The second-order valence-corrected chi connectivity index (χ2v) is 16.2. The largest absolute Gasteiger partial charge is 0.375 e. The lowest BCUT2D eigenvalue weighted by molar-refractivity contribution is -0.138. The number of hydrogen-bond acceptors (Lipinski definition) is 6. The Morgan fingerprint density at radius 3 is 2.34 bits per heavy atom. The molecular formula is C33H50F2N4O4S. The molecule has 1 aromatic rings. The van der Waals surface area contributed by atoms with E-state index in [-0.39, 0.29) is 42.0 Å². The molecule has 3 heterocycles. The van der Waals surface area contributed by atoms with E-state index in [4.69, 9.17) is 4.74 Å². The van der Waals surface area contributed by atoms with Crippen LogP contribution in [0.25, 0.3) is 0 Å². The van der Waals surface area contributed by atoms with E-state index in [2.05, 4.69) is 9.80 Å². The van der Waals surface area contributed by atoms with Gasteiger partial charge in [0.05, 0.1) is 19.0 Å². The number of benzene rings is 1. The van der Waals surface area contributed by atoms with Crippen LogP contribution in [0.3, 0.4) is 0 Å². The van der Waals surface area contributed by atoms with Crippen molar-refractivity contribution in [2.45, 2.75) is 101 Å². The molecule has 0 radical (unpaired) electrons. The van der Waals surface area contributed by atoms with Gasteiger partial charge in [0.15, 0.2) is 0 Å². The van der Waals surface area contributed by atoms with Gasteiger partial charge in [-0.3, -0.25) is 14.6 Å². The molecular weight excluding hydrogens is 586 g/mol. The van der Waals surface area contributed by atoms with Crippen molar-refractivity contribution in [1.29, 1.82) is 0 Å². The van der Waals surface area contributed by atoms with Crippen LogP contribution in [-0.4, -0.2) is 116 Å². The first-order valence-electron chi connectivity index (χ1n) is 16.8. The van der Waals surface area contributed by atoms with Gasteiger partial charge in [-0.25, -0.2) is 17.2 Å². The fraction of sp³-hybridized carbons (Fsp3) is 0.788. The molecule has 0 spiro atoms. The van der Waals surface area contributed by atoms with Crippen molar-refractivity contribution in [3.63, 3.8) is 0 Å². The first-order chi connectivity index (χ1) is 21.0. The van der Waals surface area contributed by atoms with Crippen LogP contribution < -0.4 is 0 Å². The Morgan fingerprint density at radius 2 is 1.75 bits per heavy atom. The summed E-state index contributed by atoms with van der Waals surface area (Å²) in [6.45, 7) is 8.46. The predicted molar refractivity (Wildman–Crippen MR) is 166 cm³/mol. The van der Waals surface area contributed by atoms with E-state index in [1.165, 1.54) is 37.7 Å². The Balaban J connectivity index is 1.17. The summed E-state index contributed by atoms with van der Waals surface area (Å²) in [4.78, 5) is 21.1. The van der Waals surface area contributed by atoms with Crippen molar-refractivity contribution in [2.24, 2.45) is 11.8 Å². The minimum atomic E-state index is -3.35. The fourth-order valence-electron chi connectivity index (χ4n) is 9.08. The standard InChI is InChI=1S/C33H50F2N4O4S/c1-22(2)39(44(3,41)42)20-32(23-7-5-4-6-8-23)36-11-13-37(14-12-36)33(40)30-18-25(38-19-27-16-26(38)21-43-27)17-29(30)28-10-9-24(34)15-31(28)35/h9-10,15,22-23,25-27,29-30,32H,4-8,11-14,16-21H2,1-3H3/t25?,26-,27?,29-,30+,32?/m0/s1. The fourth-order valence-corrected chi connectivity index (χ4v) is 10.3. The molecule has 5 fully saturated rings. The van der Waals surface area contributed by atoms with E-state index in [1.807, 2.05) is 18.7 Å². The second kappa shape index (κ2) is 13.2. The molecule has 11 heteroatoms. The van der Waals surface area contributed by atoms with E-state index in [0.717, 1.165) is 31.9 Å². The monoisotopic (exact) mass is 636 g/mol. The minimum Gasteiger partial charge on any atom is -0.375 e. The molecule has 6 rings (SSSR count). The van der Waals surface area contributed by atoms with E-state index in [0.29, 0.717) is 69.7 Å². The van der Waals surface area contributed by atoms with Crippen molar-refractivity contribution in [3.8, 4) is 0 Å². The summed E-state index contributed by atoms with van der Waals surface area (Å²) in [6, 6.07) is 4.32. The number of piperazine rings is 1. The lowest BCUT2D eigenvalue weighted by Crippen LogP contribution is -2.58. The van der Waals surface area contributed by atoms with Crippen LogP contribution >= 0.6 is 0 Å². The molecule has 1 aromatic carbocycles. The van der Waals surface area contributed by atoms with E-state index in [9.17, 15) is 17.6 Å². The lowest BCUT2D eigenvalue weighted by Gasteiger charge is -2.45. The van der Waals surface area contributed by atoms with Gasteiger partial charge in [-0.15, -0.1) is 0 Å². The third-order valence-electron chi connectivity index (χ3n) is 11.3. The number of sulfonamides is 1. The van der Waals surface area contributed by atoms with Crippen LogP contribution in [-0.2, 0) is 19.6 Å². The maximum absolute atomic E-state index is 15.1. The number of hydrogen-bond donors (Lipinski definition) is 0. The average molecular weight is 637 g/mol. The summed E-state index contributed by atoms with van der Waals surface area (Å²) in [6.07, 6.45) is 9.72. The quantitative estimate of drug-likeness (QED) is 0.407. The summed E-state index contributed by atoms with van der Waals surface area (Å²) in [5.41, 5.74) is 0.443. The van der Waals surface area contributed by atoms with Crippen molar-refractivity contribution in [3.05, 3.63) is 35.4 Å². The number of amides is 1. The van der Waals surface area contributed by atoms with Gasteiger partial charge in [0.1, 0.15) is 11.6 Å². The Labute approximate surface area is 262 Å². The molecule has 246 valence electrons. The molecule has 1 amide bonds. The van der Waals surface area contributed by atoms with Gasteiger partial charge in [-0.1, -0.05) is 25.3 Å². The maximum Gasteiger partial charge on any atom is 0.226 e. The van der Waals surface area contributed by atoms with Crippen LogP contribution in [0.4, 0.5) is 8.78 Å². The molecule has 44 heavy (non-hydrogen) atoms. The number of fused-ring (bicyclic) bond motifs is 2. The van der Waals surface area contributed by atoms with Crippen molar-refractivity contribution in [1.82, 2.24) is 19.0 Å². The zero-order valence-corrected chi connectivity index (χ0v) is 27.4. The summed E-state index contributed by atoms with van der Waals surface area (Å²) in [5.74, 6) is -1.32. The number of carbonyl (C=O) groups is 1. The van der Waals surface area contributed by atoms with Crippen LogP contribution in [0, 0.1) is 23.5 Å². The Hall–Kier alpha value is -1.66. The highest BCUT2D eigenvalue weighted by Crippen LogP contribution is 2.46. The molecule has 5 aliphatic rings. The molecule has 2 aliphatic carbocycles. The highest BCUT2D eigenvalue weighted by atomic mass is 32.2. The topological polar surface area (TPSA) is 73.4 Å². The summed E-state index contributed by atoms with van der Waals surface area (Å²) >= 11 is 0. The normalized spacial score (nSPS) is 31.4. The van der Waals surface area contributed by atoms with Crippen LogP contribution in [0.1, 0.15) is 76.7 Å². The van der Waals surface area contributed by atoms with E-state index in [1.54, 1.807) is 4.31 Å². The summed E-state index contributed by atoms with van der Waals surface area (Å²) < 4.78 is 61.9. The van der Waals surface area contributed by atoms with Crippen molar-refractivity contribution >= 4 is 15.9 Å². The molecule has 6 atom stereocenters. The Bertz CT molecular complexity index is 1280. The number of morpholine rings is 1. The summed E-state index contributed by atoms with van der Waals surface area (Å²) in [7, 11) is -3.35. The van der Waals surface area contributed by atoms with Crippen LogP contribution in [0.2, 0.25) is 0 Å². The molecule has 0 aromatic heterocycles. The van der Waals surface area contributed by atoms with Gasteiger partial charge >= 0.3 is 0 Å². The van der Waals surface area contributed by atoms with Crippen LogP contribution in [0.15, 0.2) is 18.2 Å². The average Bonchev–Trinajstić information content (AvgIpc) is 3.74. The highest BCUT2D eigenvalue weighted by Gasteiger charge is 2.49. The maximum atomic E-state index is 15.1. The molecule has 3 saturated heterocycles. The van der Waals surface area contributed by atoms with Gasteiger partial charge in [0, 0.05) is 75.4 Å². The number of likely N-dealkylation sites (tertiary alicyclic amines) is 1. The van der Waals surface area contributed by atoms with E-state index >= 15 is 4.39 Å². The van der Waals surface area contributed by atoms with Gasteiger partial charge in [-0.05, 0) is 69.4 Å². The zero-order chi connectivity index (χ0) is 31.2. The van der Waals surface area contributed by atoms with Gasteiger partial charge in [0.2, 0.25) is 15.9 Å². The Morgan fingerprint density at radius 1 is 1.02 bits per heavy atom. The number of halogens is 2. The van der Waals surface area contributed by atoms with Gasteiger partial charge < -0.3 is 9.64 Å². The Kier molecular flexibility index (Phi) is 9.70. The lowest BCUT2D eigenvalue weighted by atomic mass is 9.82. The zero-order valence-electron chi connectivity index (χ0n) is 26.5. The van der Waals surface area contributed by atoms with Crippen molar-refractivity contribution < 1.29 is 26.7 Å². The first-order valence-corrected chi connectivity index (χ1v) is 18.7. The number of rotatable bonds is 9. The molecule has 2 saturated carbocycles. The molecule has 8 nitrogen and oxygen atoms in total. The van der Waals surface area contributed by atoms with Crippen molar-refractivity contribution in [2.75, 3.05) is 52.1 Å². The number of nitrogens with zero attached hydrogens (tertiary/aromatic N) is 4. The molecule has 3 unspecified atom stereocenters. The van der Waals surface area contributed by atoms with Crippen LogP contribution in [0.5, 0.6) is 0 Å². The van der Waals surface area contributed by atoms with E-state index < -0.39 is 21.7 Å². The first kappa shape index (κ1) is 32.3. The molecule has 3 aliphatic heterocycles. The number of ether oxygens (including phenoxy) is 1. The number of carbonyl (C=O) groups excluding carboxylic acids is 1. The van der Waals surface area contributed by atoms with Gasteiger partial charge in [0.25, 0.3) is 0 Å². The molecule has 0 N–H and O–H groups in total. The highest BCUT2D eigenvalue weighted by molar-refractivity contribution is 7.88. The van der Waals surface area contributed by atoms with Gasteiger partial charge in [-0.2, -0.15) is 4.31 Å². The predicted octanol–water partition coefficient (Wildman–Crippen LogP) is 4.06. The smallest absolute Gasteiger partial charge is 0.226 e.